The highest BCUT2D eigenvalue weighted by atomic mass is 79.9. The van der Waals surface area contributed by atoms with Gasteiger partial charge >= 0.3 is 6.01 Å². The molecule has 1 aromatic heterocycles. The molecule has 0 radical (unpaired) electrons. The summed E-state index contributed by atoms with van der Waals surface area (Å²) in [4.78, 5) is 8.18. The normalized spacial score (nSPS) is 14.3. The molecule has 1 saturated carbocycles. The summed E-state index contributed by atoms with van der Waals surface area (Å²) in [5, 5.41) is 3.37. The van der Waals surface area contributed by atoms with Crippen molar-refractivity contribution in [2.45, 2.75) is 25.4 Å². The van der Waals surface area contributed by atoms with Crippen LogP contribution in [0, 0.1) is 5.82 Å². The smallest absolute Gasteiger partial charge is 0.321 e. The van der Waals surface area contributed by atoms with E-state index >= 15 is 0 Å². The van der Waals surface area contributed by atoms with Crippen molar-refractivity contribution in [3.63, 3.8) is 0 Å². The molecule has 104 valence electrons. The van der Waals surface area contributed by atoms with Crippen molar-refractivity contribution in [2.24, 2.45) is 0 Å². The molecule has 1 aliphatic carbocycles. The van der Waals surface area contributed by atoms with E-state index in [9.17, 15) is 4.39 Å². The van der Waals surface area contributed by atoms with Crippen LogP contribution >= 0.6 is 15.9 Å². The van der Waals surface area contributed by atoms with E-state index in [2.05, 4.69) is 31.2 Å². The number of ether oxygens (including phenoxy) is 1. The number of nitrogens with one attached hydrogen (secondary N) is 1. The molecule has 0 bridgehead atoms. The van der Waals surface area contributed by atoms with Gasteiger partial charge in [-0.2, -0.15) is 0 Å². The molecule has 0 atom stereocenters. The molecule has 0 amide bonds. The first-order chi connectivity index (χ1) is 9.70. The Hall–Kier alpha value is -1.53. The fourth-order valence-corrected chi connectivity index (χ4v) is 2.03. The first kappa shape index (κ1) is 13.5. The topological polar surface area (TPSA) is 47.0 Å². The first-order valence-corrected chi connectivity index (χ1v) is 7.17. The zero-order valence-corrected chi connectivity index (χ0v) is 12.2. The SMILES string of the molecule is Fc1ccc(Br)cc1Oc1ncc(CNC2CC2)cn1. The average Bonchev–Trinajstić information content (AvgIpc) is 3.26. The van der Waals surface area contributed by atoms with Crippen molar-refractivity contribution in [1.82, 2.24) is 15.3 Å². The minimum absolute atomic E-state index is 0.100. The summed E-state index contributed by atoms with van der Waals surface area (Å²) in [6.07, 6.45) is 5.86. The van der Waals surface area contributed by atoms with Gasteiger partial charge in [0.25, 0.3) is 0 Å². The summed E-state index contributed by atoms with van der Waals surface area (Å²) in [5.74, 6) is -0.348. The molecule has 0 saturated heterocycles. The van der Waals surface area contributed by atoms with E-state index in [1.165, 1.54) is 18.9 Å². The fraction of sp³-hybridized carbons (Fsp3) is 0.286. The van der Waals surface area contributed by atoms with Gasteiger partial charge in [-0.1, -0.05) is 15.9 Å². The summed E-state index contributed by atoms with van der Waals surface area (Å²) in [7, 11) is 0. The first-order valence-electron chi connectivity index (χ1n) is 6.38. The van der Waals surface area contributed by atoms with Crippen molar-refractivity contribution in [3.8, 4) is 11.8 Å². The largest absolute Gasteiger partial charge is 0.421 e. The van der Waals surface area contributed by atoms with Crippen LogP contribution in [0.4, 0.5) is 4.39 Å². The molecular weight excluding hydrogens is 325 g/mol. The van der Waals surface area contributed by atoms with Crippen molar-refractivity contribution in [2.75, 3.05) is 0 Å². The Morgan fingerprint density at radius 1 is 1.30 bits per heavy atom. The third-order valence-electron chi connectivity index (χ3n) is 2.95. The van der Waals surface area contributed by atoms with Gasteiger partial charge in [-0.15, -0.1) is 0 Å². The molecule has 0 spiro atoms. The Bertz CT molecular complexity index is 602. The lowest BCUT2D eigenvalue weighted by molar-refractivity contribution is 0.410. The summed E-state index contributed by atoms with van der Waals surface area (Å²) in [6, 6.07) is 5.25. The highest BCUT2D eigenvalue weighted by Crippen LogP contribution is 2.25. The number of hydrogen-bond acceptors (Lipinski definition) is 4. The maximum absolute atomic E-state index is 13.5. The molecule has 20 heavy (non-hydrogen) atoms. The number of benzene rings is 1. The van der Waals surface area contributed by atoms with Gasteiger partial charge in [0, 0.05) is 35.0 Å². The molecule has 1 N–H and O–H groups in total. The Labute approximate surface area is 124 Å². The van der Waals surface area contributed by atoms with Crippen LogP contribution in [0.25, 0.3) is 0 Å². The van der Waals surface area contributed by atoms with Crippen LogP contribution in [0.15, 0.2) is 35.1 Å². The highest BCUT2D eigenvalue weighted by molar-refractivity contribution is 9.10. The second kappa shape index (κ2) is 5.85. The predicted molar refractivity (Wildman–Crippen MR) is 76.1 cm³/mol. The molecule has 1 heterocycles. The zero-order chi connectivity index (χ0) is 13.9. The quantitative estimate of drug-likeness (QED) is 0.908. The molecule has 0 aliphatic heterocycles. The Kier molecular flexibility index (Phi) is 3.93. The van der Waals surface area contributed by atoms with Crippen molar-refractivity contribution in [1.29, 1.82) is 0 Å². The Balaban J connectivity index is 1.66. The molecule has 1 aliphatic rings. The van der Waals surface area contributed by atoms with Crippen molar-refractivity contribution in [3.05, 3.63) is 46.4 Å². The summed E-state index contributed by atoms with van der Waals surface area (Å²) >= 11 is 3.27. The minimum atomic E-state index is -0.448. The molecular formula is C14H13BrFN3O. The van der Waals surface area contributed by atoms with Crippen LogP contribution in [-0.2, 0) is 6.54 Å². The lowest BCUT2D eigenvalue weighted by atomic mass is 10.3. The Morgan fingerprint density at radius 3 is 2.75 bits per heavy atom. The van der Waals surface area contributed by atoms with Gasteiger partial charge in [0.15, 0.2) is 11.6 Å². The summed E-state index contributed by atoms with van der Waals surface area (Å²) < 4.78 is 19.6. The van der Waals surface area contributed by atoms with Crippen LogP contribution in [-0.4, -0.2) is 16.0 Å². The van der Waals surface area contributed by atoms with Crippen molar-refractivity contribution < 1.29 is 9.13 Å². The third-order valence-corrected chi connectivity index (χ3v) is 3.44. The maximum atomic E-state index is 13.5. The monoisotopic (exact) mass is 337 g/mol. The number of halogens is 2. The summed E-state index contributed by atoms with van der Waals surface area (Å²) in [5.41, 5.74) is 0.985. The molecule has 0 unspecified atom stereocenters. The maximum Gasteiger partial charge on any atom is 0.321 e. The molecule has 4 nitrogen and oxygen atoms in total. The number of aromatic nitrogens is 2. The van der Waals surface area contributed by atoms with E-state index in [4.69, 9.17) is 4.74 Å². The van der Waals surface area contributed by atoms with E-state index in [-0.39, 0.29) is 11.8 Å². The van der Waals surface area contributed by atoms with Crippen LogP contribution in [0.1, 0.15) is 18.4 Å². The van der Waals surface area contributed by atoms with Gasteiger partial charge < -0.3 is 10.1 Å². The van der Waals surface area contributed by atoms with E-state index in [1.54, 1.807) is 24.5 Å². The lowest BCUT2D eigenvalue weighted by Crippen LogP contribution is -2.15. The number of nitrogens with zero attached hydrogens (tertiary/aromatic N) is 2. The van der Waals surface area contributed by atoms with Gasteiger partial charge in [0.1, 0.15) is 0 Å². The molecule has 1 aromatic carbocycles. The van der Waals surface area contributed by atoms with Gasteiger partial charge in [0.2, 0.25) is 0 Å². The summed E-state index contributed by atoms with van der Waals surface area (Å²) in [6.45, 7) is 0.746. The standard InChI is InChI=1S/C14H13BrFN3O/c15-10-1-4-12(16)13(5-10)20-14-18-7-9(8-19-14)6-17-11-2-3-11/h1,4-5,7-8,11,17H,2-3,6H2. The van der Waals surface area contributed by atoms with Crippen LogP contribution < -0.4 is 10.1 Å². The zero-order valence-electron chi connectivity index (χ0n) is 10.6. The second-order valence-electron chi connectivity index (χ2n) is 4.71. The number of rotatable bonds is 5. The van der Waals surface area contributed by atoms with Crippen LogP contribution in [0.5, 0.6) is 11.8 Å². The predicted octanol–water partition coefficient (Wildman–Crippen LogP) is 3.42. The van der Waals surface area contributed by atoms with Gasteiger partial charge in [-0.05, 0) is 31.0 Å². The van der Waals surface area contributed by atoms with Gasteiger partial charge in [-0.3, -0.25) is 0 Å². The Morgan fingerprint density at radius 2 is 2.05 bits per heavy atom. The minimum Gasteiger partial charge on any atom is -0.421 e. The molecule has 1 fully saturated rings. The van der Waals surface area contributed by atoms with E-state index in [0.717, 1.165) is 16.6 Å². The van der Waals surface area contributed by atoms with Crippen LogP contribution in [0.3, 0.4) is 0 Å². The fourth-order valence-electron chi connectivity index (χ4n) is 1.69. The third kappa shape index (κ3) is 3.52. The second-order valence-corrected chi connectivity index (χ2v) is 5.62. The highest BCUT2D eigenvalue weighted by Gasteiger charge is 2.20. The molecule has 2 aromatic rings. The van der Waals surface area contributed by atoms with Gasteiger partial charge in [-0.25, -0.2) is 14.4 Å². The van der Waals surface area contributed by atoms with Gasteiger partial charge in [0.05, 0.1) is 0 Å². The molecule has 6 heteroatoms. The van der Waals surface area contributed by atoms with Crippen LogP contribution in [0.2, 0.25) is 0 Å². The lowest BCUT2D eigenvalue weighted by Gasteiger charge is -2.06. The number of hydrogen-bond donors (Lipinski definition) is 1. The van der Waals surface area contributed by atoms with E-state index in [1.807, 2.05) is 0 Å². The van der Waals surface area contributed by atoms with Crippen molar-refractivity contribution >= 4 is 15.9 Å². The molecule has 3 rings (SSSR count). The van der Waals surface area contributed by atoms with E-state index < -0.39 is 5.82 Å². The van der Waals surface area contributed by atoms with E-state index in [0.29, 0.717) is 6.04 Å². The average molecular weight is 338 g/mol.